The molecular weight excluding hydrogens is 490 g/mol. The van der Waals surface area contributed by atoms with Crippen LogP contribution < -0.4 is 5.32 Å². The third-order valence-electron chi connectivity index (χ3n) is 7.65. The zero-order chi connectivity index (χ0) is 25.7. The maximum absolute atomic E-state index is 6.19. The van der Waals surface area contributed by atoms with E-state index in [-0.39, 0.29) is 12.4 Å². The molecule has 5 heteroatoms. The molecule has 3 aromatic rings. The highest BCUT2D eigenvalue weighted by molar-refractivity contribution is 5.85. The second kappa shape index (κ2) is 16.6. The smallest absolute Gasteiger partial charge is 0.0961 e. The summed E-state index contributed by atoms with van der Waals surface area (Å²) in [5, 5.41) is 12.5. The first kappa shape index (κ1) is 30.3. The summed E-state index contributed by atoms with van der Waals surface area (Å²) < 4.78 is 6.19. The van der Waals surface area contributed by atoms with Gasteiger partial charge in [0.25, 0.3) is 0 Å². The lowest BCUT2D eigenvalue weighted by molar-refractivity contribution is 0.110. The van der Waals surface area contributed by atoms with Crippen LogP contribution in [0.25, 0.3) is 11.3 Å². The van der Waals surface area contributed by atoms with Crippen molar-refractivity contribution in [3.05, 3.63) is 83.0 Å². The lowest BCUT2D eigenvalue weighted by Gasteiger charge is -2.20. The van der Waals surface area contributed by atoms with E-state index in [1.165, 1.54) is 68.1 Å². The Morgan fingerprint density at radius 3 is 2.42 bits per heavy atom. The van der Waals surface area contributed by atoms with Crippen LogP contribution in [-0.2, 0) is 17.6 Å². The van der Waals surface area contributed by atoms with E-state index in [4.69, 9.17) is 4.74 Å². The Labute approximate surface area is 236 Å². The van der Waals surface area contributed by atoms with Crippen LogP contribution in [0.1, 0.15) is 86.6 Å². The summed E-state index contributed by atoms with van der Waals surface area (Å²) in [6, 6.07) is 22.3. The van der Waals surface area contributed by atoms with Gasteiger partial charge in [0.05, 0.1) is 18.0 Å². The number of nitrogens with zero attached hydrogens (tertiary/aromatic N) is 2. The fourth-order valence-electron chi connectivity index (χ4n) is 5.53. The number of aryl methyl sites for hydroxylation is 3. The molecule has 2 atom stereocenters. The lowest BCUT2D eigenvalue weighted by atomic mass is 9.91. The Bertz CT molecular complexity index is 1060. The zero-order valence-corrected chi connectivity index (χ0v) is 24.1. The standard InChI is InChI=1S/C33H45N3O.ClH/c1-3-4-5-6-7-9-13-27-17-19-28(20-18-27)31-21-22-34-32(31)25-37-23-12-16-30-24-26(2)35-36-33(30)29-14-10-8-11-15-29;/h8,10-11,14-15,17-20,24,31-32,34H,3-7,9,12-13,16,21-23,25H2,1-2H3;1H/t31-,32-;/m1./s1. The van der Waals surface area contributed by atoms with Crippen LogP contribution in [0.2, 0.25) is 0 Å². The highest BCUT2D eigenvalue weighted by Crippen LogP contribution is 2.29. The number of benzene rings is 2. The van der Waals surface area contributed by atoms with Crippen molar-refractivity contribution in [2.75, 3.05) is 19.8 Å². The first-order valence-electron chi connectivity index (χ1n) is 14.5. The maximum Gasteiger partial charge on any atom is 0.0961 e. The minimum atomic E-state index is 0. The number of unbranched alkanes of at least 4 members (excludes halogenated alkanes) is 5. The Morgan fingerprint density at radius 2 is 1.63 bits per heavy atom. The van der Waals surface area contributed by atoms with Crippen LogP contribution in [0, 0.1) is 6.92 Å². The number of halogens is 1. The monoisotopic (exact) mass is 535 g/mol. The van der Waals surface area contributed by atoms with E-state index < -0.39 is 0 Å². The fourth-order valence-corrected chi connectivity index (χ4v) is 5.53. The van der Waals surface area contributed by atoms with Crippen molar-refractivity contribution in [1.29, 1.82) is 0 Å². The second-order valence-corrected chi connectivity index (χ2v) is 10.6. The van der Waals surface area contributed by atoms with Gasteiger partial charge in [0, 0.05) is 24.1 Å². The van der Waals surface area contributed by atoms with Crippen LogP contribution >= 0.6 is 12.4 Å². The Morgan fingerprint density at radius 1 is 0.868 bits per heavy atom. The van der Waals surface area contributed by atoms with Crippen molar-refractivity contribution >= 4 is 12.4 Å². The number of ether oxygens (including phenoxy) is 1. The molecule has 1 aliphatic rings. The van der Waals surface area contributed by atoms with Crippen molar-refractivity contribution in [2.24, 2.45) is 0 Å². The van der Waals surface area contributed by atoms with Gasteiger partial charge in [-0.3, -0.25) is 0 Å². The topological polar surface area (TPSA) is 47.0 Å². The third kappa shape index (κ3) is 9.18. The SMILES string of the molecule is CCCCCCCCc1ccc([C@H]2CCN[C@@H]2COCCCc2cc(C)nnc2-c2ccccc2)cc1.Cl. The Kier molecular flexibility index (Phi) is 13.3. The predicted octanol–water partition coefficient (Wildman–Crippen LogP) is 7.87. The van der Waals surface area contributed by atoms with Crippen LogP contribution in [0.3, 0.4) is 0 Å². The van der Waals surface area contributed by atoms with E-state index in [9.17, 15) is 0 Å². The van der Waals surface area contributed by atoms with Gasteiger partial charge in [-0.1, -0.05) is 93.6 Å². The predicted molar refractivity (Wildman–Crippen MR) is 161 cm³/mol. The molecule has 0 spiro atoms. The molecule has 0 amide bonds. The van der Waals surface area contributed by atoms with Gasteiger partial charge < -0.3 is 10.1 Å². The minimum Gasteiger partial charge on any atom is -0.380 e. The fraction of sp³-hybridized carbons (Fsp3) is 0.515. The summed E-state index contributed by atoms with van der Waals surface area (Å²) in [5.74, 6) is 0.542. The molecule has 2 heterocycles. The highest BCUT2D eigenvalue weighted by Gasteiger charge is 2.28. The van der Waals surface area contributed by atoms with E-state index in [1.807, 2.05) is 13.0 Å². The molecule has 1 N–H and O–H groups in total. The summed E-state index contributed by atoms with van der Waals surface area (Å²) in [5.41, 5.74) is 7.27. The summed E-state index contributed by atoms with van der Waals surface area (Å²) >= 11 is 0. The summed E-state index contributed by atoms with van der Waals surface area (Å²) in [7, 11) is 0. The minimum absolute atomic E-state index is 0. The van der Waals surface area contributed by atoms with Crippen LogP contribution in [0.15, 0.2) is 60.7 Å². The molecule has 0 bridgehead atoms. The Hall–Kier alpha value is -2.27. The first-order valence-corrected chi connectivity index (χ1v) is 14.5. The number of rotatable bonds is 15. The van der Waals surface area contributed by atoms with Gasteiger partial charge in [-0.25, -0.2) is 0 Å². The second-order valence-electron chi connectivity index (χ2n) is 10.6. The number of nitrogens with one attached hydrogen (secondary N) is 1. The van der Waals surface area contributed by atoms with Crippen molar-refractivity contribution in [2.45, 2.75) is 90.0 Å². The van der Waals surface area contributed by atoms with Gasteiger partial charge in [0.1, 0.15) is 0 Å². The number of hydrogen-bond acceptors (Lipinski definition) is 4. The Balaban J connectivity index is 0.00000400. The van der Waals surface area contributed by atoms with Gasteiger partial charge in [-0.05, 0) is 68.3 Å². The average molecular weight is 536 g/mol. The van der Waals surface area contributed by atoms with E-state index in [2.05, 4.69) is 77.0 Å². The molecule has 4 rings (SSSR count). The summed E-state index contributed by atoms with van der Waals surface area (Å²) in [4.78, 5) is 0. The molecule has 38 heavy (non-hydrogen) atoms. The average Bonchev–Trinajstić information content (AvgIpc) is 3.40. The summed E-state index contributed by atoms with van der Waals surface area (Å²) in [6.07, 6.45) is 12.5. The number of hydrogen-bond donors (Lipinski definition) is 1. The molecule has 206 valence electrons. The normalized spacial score (nSPS) is 16.9. The van der Waals surface area contributed by atoms with Gasteiger partial charge >= 0.3 is 0 Å². The van der Waals surface area contributed by atoms with Gasteiger partial charge in [-0.15, -0.1) is 17.5 Å². The van der Waals surface area contributed by atoms with Gasteiger partial charge in [-0.2, -0.15) is 5.10 Å². The largest absolute Gasteiger partial charge is 0.380 e. The molecular formula is C33H46ClN3O. The van der Waals surface area contributed by atoms with Crippen molar-refractivity contribution in [1.82, 2.24) is 15.5 Å². The van der Waals surface area contributed by atoms with Crippen molar-refractivity contribution < 1.29 is 4.74 Å². The van der Waals surface area contributed by atoms with E-state index in [1.54, 1.807) is 0 Å². The zero-order valence-electron chi connectivity index (χ0n) is 23.3. The van der Waals surface area contributed by atoms with Crippen LogP contribution in [0.4, 0.5) is 0 Å². The molecule has 0 unspecified atom stereocenters. The first-order chi connectivity index (χ1) is 18.2. The van der Waals surface area contributed by atoms with Gasteiger partial charge in [0.2, 0.25) is 0 Å². The molecule has 2 aromatic carbocycles. The van der Waals surface area contributed by atoms with Crippen LogP contribution in [-0.4, -0.2) is 36.0 Å². The lowest BCUT2D eigenvalue weighted by Crippen LogP contribution is -2.31. The molecule has 0 aliphatic carbocycles. The number of aromatic nitrogens is 2. The van der Waals surface area contributed by atoms with E-state index >= 15 is 0 Å². The summed E-state index contributed by atoms with van der Waals surface area (Å²) in [6.45, 7) is 6.89. The highest BCUT2D eigenvalue weighted by atomic mass is 35.5. The maximum atomic E-state index is 6.19. The quantitative estimate of drug-likeness (QED) is 0.201. The van der Waals surface area contributed by atoms with Gasteiger partial charge in [0.15, 0.2) is 0 Å². The van der Waals surface area contributed by atoms with Crippen molar-refractivity contribution in [3.8, 4) is 11.3 Å². The van der Waals surface area contributed by atoms with E-state index in [0.717, 1.165) is 49.6 Å². The molecule has 1 aromatic heterocycles. The molecule has 0 saturated carbocycles. The molecule has 1 fully saturated rings. The molecule has 1 aliphatic heterocycles. The molecule has 1 saturated heterocycles. The van der Waals surface area contributed by atoms with Crippen LogP contribution in [0.5, 0.6) is 0 Å². The molecule has 4 nitrogen and oxygen atoms in total. The third-order valence-corrected chi connectivity index (χ3v) is 7.65. The molecule has 0 radical (unpaired) electrons. The van der Waals surface area contributed by atoms with Crippen molar-refractivity contribution in [3.63, 3.8) is 0 Å². The van der Waals surface area contributed by atoms with E-state index in [0.29, 0.717) is 12.0 Å².